The van der Waals surface area contributed by atoms with Gasteiger partial charge in [0.2, 0.25) is 5.92 Å². The molecule has 5 nitrogen and oxygen atoms in total. The van der Waals surface area contributed by atoms with Gasteiger partial charge in [-0.1, -0.05) is 16.5 Å². The summed E-state index contributed by atoms with van der Waals surface area (Å²) >= 11 is -1.56. The predicted octanol–water partition coefficient (Wildman–Crippen LogP) is 4.81. The van der Waals surface area contributed by atoms with E-state index in [0.717, 1.165) is 0 Å². The number of rotatable bonds is 8. The fourth-order valence-electron chi connectivity index (χ4n) is 3.31. The van der Waals surface area contributed by atoms with Crippen LogP contribution in [-0.4, -0.2) is 33.5 Å². The molecule has 0 spiro atoms. The Morgan fingerprint density at radius 2 is 1.93 bits per heavy atom. The van der Waals surface area contributed by atoms with Crippen molar-refractivity contribution in [2.24, 2.45) is 16.2 Å². The third-order valence-electron chi connectivity index (χ3n) is 5.04. The van der Waals surface area contributed by atoms with Gasteiger partial charge in [-0.25, -0.2) is 8.78 Å². The molecular weight excluding hydrogens is 410 g/mol. The third-order valence-corrected chi connectivity index (χ3v) is 6.48. The lowest BCUT2D eigenvalue weighted by atomic mass is 9.70. The molecule has 0 N–H and O–H groups in total. The first-order chi connectivity index (χ1) is 13.9. The van der Waals surface area contributed by atoms with Gasteiger partial charge in [-0.3, -0.25) is 4.79 Å². The zero-order valence-corrected chi connectivity index (χ0v) is 18.6. The maximum atomic E-state index is 13.5. The number of hydrogen-bond donors (Lipinski definition) is 0. The number of alkyl halides is 2. The van der Waals surface area contributed by atoms with E-state index in [4.69, 9.17) is 10.00 Å². The molecule has 1 aromatic rings. The molecule has 164 valence electrons. The van der Waals surface area contributed by atoms with Gasteiger partial charge in [0.25, 0.3) is 0 Å². The van der Waals surface area contributed by atoms with Crippen LogP contribution in [0.25, 0.3) is 0 Å². The van der Waals surface area contributed by atoms with Gasteiger partial charge in [0.05, 0.1) is 24.0 Å². The molecule has 1 fully saturated rings. The van der Waals surface area contributed by atoms with Crippen molar-refractivity contribution in [2.75, 3.05) is 6.61 Å². The van der Waals surface area contributed by atoms with Crippen LogP contribution in [0.1, 0.15) is 64.5 Å². The zero-order chi connectivity index (χ0) is 22.5. The van der Waals surface area contributed by atoms with Gasteiger partial charge in [-0.05, 0) is 58.1 Å². The third kappa shape index (κ3) is 6.78. The van der Waals surface area contributed by atoms with E-state index in [1.165, 1.54) is 0 Å². The Balaban J connectivity index is 2.34. The highest BCUT2D eigenvalue weighted by Gasteiger charge is 2.49. The summed E-state index contributed by atoms with van der Waals surface area (Å²) in [6.45, 7) is 7.31. The van der Waals surface area contributed by atoms with E-state index in [1.54, 1.807) is 52.0 Å². The van der Waals surface area contributed by atoms with Crippen molar-refractivity contribution in [3.05, 3.63) is 35.4 Å². The van der Waals surface area contributed by atoms with E-state index >= 15 is 0 Å². The van der Waals surface area contributed by atoms with Crippen LogP contribution in [0.2, 0.25) is 0 Å². The molecule has 1 aliphatic carbocycles. The van der Waals surface area contributed by atoms with Crippen LogP contribution in [0.5, 0.6) is 0 Å². The Kier molecular flexibility index (Phi) is 8.00. The predicted molar refractivity (Wildman–Crippen MR) is 113 cm³/mol. The first-order valence-electron chi connectivity index (χ1n) is 9.98. The molecule has 8 heteroatoms. The number of nitriles is 1. The topological polar surface area (TPSA) is 85.5 Å². The van der Waals surface area contributed by atoms with Crippen molar-refractivity contribution in [1.82, 2.24) is 0 Å². The number of ether oxygens (including phenoxy) is 1. The van der Waals surface area contributed by atoms with Crippen LogP contribution in [-0.2, 0) is 20.9 Å². The first-order valence-corrected chi connectivity index (χ1v) is 11.1. The van der Waals surface area contributed by atoms with Crippen molar-refractivity contribution >= 4 is 23.0 Å². The van der Waals surface area contributed by atoms with E-state index < -0.39 is 33.9 Å². The lowest BCUT2D eigenvalue weighted by Gasteiger charge is -2.40. The molecule has 2 atom stereocenters. The van der Waals surface area contributed by atoms with Gasteiger partial charge in [0.1, 0.15) is 16.1 Å². The molecule has 1 saturated carbocycles. The minimum absolute atomic E-state index is 0.00599. The van der Waals surface area contributed by atoms with E-state index in [1.807, 2.05) is 6.07 Å². The summed E-state index contributed by atoms with van der Waals surface area (Å²) in [5.74, 6) is -3.88. The van der Waals surface area contributed by atoms with Crippen LogP contribution >= 0.6 is 0 Å². The highest BCUT2D eigenvalue weighted by molar-refractivity contribution is 7.91. The average molecular weight is 439 g/mol. The van der Waals surface area contributed by atoms with Gasteiger partial charge in [-0.15, -0.1) is 0 Å². The number of halogens is 2. The molecule has 0 amide bonds. The van der Waals surface area contributed by atoms with E-state index in [9.17, 15) is 18.1 Å². The maximum absolute atomic E-state index is 13.5. The fourth-order valence-corrected chi connectivity index (χ4v) is 3.96. The van der Waals surface area contributed by atoms with E-state index in [0.29, 0.717) is 16.8 Å². The van der Waals surface area contributed by atoms with Crippen molar-refractivity contribution in [2.45, 2.75) is 64.0 Å². The number of carbonyl (C=O) groups excluding carboxylic acids is 1. The smallest absolute Gasteiger partial charge is 0.306 e. The lowest BCUT2D eigenvalue weighted by molar-refractivity contribution is -0.151. The standard InChI is InChI=1S/C22H28F2N2O3S/c1-5-29-20(27)11-17(18-12-22(23,24)13-18)10-19(26-30(28)21(2,3)4)16-8-6-15(14-25)7-9-16/h6-9,17-18H,5,10-13H2,1-4H3/b26-19-/t17-,30-/m0/s1. The SMILES string of the molecule is CCOC(=O)C[C@H](C/C(=N/[S@@+]([O-])C(C)(C)C)c1ccc(C#N)cc1)C1CC(F)(F)C1. The summed E-state index contributed by atoms with van der Waals surface area (Å²) in [5, 5.41) is 9.02. The van der Waals surface area contributed by atoms with Crippen molar-refractivity contribution in [1.29, 1.82) is 5.26 Å². The second-order valence-electron chi connectivity index (χ2n) is 8.59. The maximum Gasteiger partial charge on any atom is 0.306 e. The molecular formula is C22H28F2N2O3S. The number of esters is 1. The van der Waals surface area contributed by atoms with Crippen molar-refractivity contribution in [3.8, 4) is 6.07 Å². The highest BCUT2D eigenvalue weighted by atomic mass is 32.2. The van der Waals surface area contributed by atoms with Gasteiger partial charge >= 0.3 is 5.97 Å². The molecule has 0 bridgehead atoms. The Morgan fingerprint density at radius 1 is 1.33 bits per heavy atom. The summed E-state index contributed by atoms with van der Waals surface area (Å²) in [6.07, 6.45) is -0.320. The normalized spacial score (nSPS) is 18.8. The second kappa shape index (κ2) is 9.88. The molecule has 0 radical (unpaired) electrons. The number of hydrogen-bond acceptors (Lipinski definition) is 5. The minimum atomic E-state index is -2.71. The summed E-state index contributed by atoms with van der Waals surface area (Å²) in [6, 6.07) is 8.70. The Morgan fingerprint density at radius 3 is 2.40 bits per heavy atom. The van der Waals surface area contributed by atoms with Crippen molar-refractivity contribution in [3.63, 3.8) is 0 Å². The summed E-state index contributed by atoms with van der Waals surface area (Å²) in [5.41, 5.74) is 1.61. The lowest BCUT2D eigenvalue weighted by Crippen LogP contribution is -2.41. The summed E-state index contributed by atoms with van der Waals surface area (Å²) in [7, 11) is 0. The molecule has 0 aliphatic heterocycles. The molecule has 0 aromatic heterocycles. The molecule has 0 saturated heterocycles. The summed E-state index contributed by atoms with van der Waals surface area (Å²) in [4.78, 5) is 12.1. The van der Waals surface area contributed by atoms with E-state index in [2.05, 4.69) is 4.40 Å². The number of carbonyl (C=O) groups is 1. The molecule has 1 aromatic carbocycles. The van der Waals surface area contributed by atoms with Gasteiger partial charge in [0, 0.05) is 24.8 Å². The van der Waals surface area contributed by atoms with Crippen molar-refractivity contribution < 1.29 is 22.9 Å². The number of benzene rings is 1. The number of nitrogens with zero attached hydrogens (tertiary/aromatic N) is 2. The highest BCUT2D eigenvalue weighted by Crippen LogP contribution is 2.48. The van der Waals surface area contributed by atoms with Gasteiger partial charge < -0.3 is 9.29 Å². The molecule has 0 heterocycles. The molecule has 0 unspecified atom stereocenters. The van der Waals surface area contributed by atoms with Gasteiger partial charge in [0.15, 0.2) is 0 Å². The second-order valence-corrected chi connectivity index (χ2v) is 10.5. The Labute approximate surface area is 179 Å². The van der Waals surface area contributed by atoms with Crippen LogP contribution in [0, 0.1) is 23.2 Å². The first kappa shape index (κ1) is 24.3. The van der Waals surface area contributed by atoms with Crippen LogP contribution in [0.3, 0.4) is 0 Å². The Hall–Kier alpha value is -1.98. The van der Waals surface area contributed by atoms with Crippen LogP contribution in [0.4, 0.5) is 8.78 Å². The van der Waals surface area contributed by atoms with Gasteiger partial charge in [-0.2, -0.15) is 5.26 Å². The largest absolute Gasteiger partial charge is 0.591 e. The zero-order valence-electron chi connectivity index (χ0n) is 17.8. The fraction of sp³-hybridized carbons (Fsp3) is 0.591. The average Bonchev–Trinajstić information content (AvgIpc) is 2.64. The molecule has 1 aliphatic rings. The van der Waals surface area contributed by atoms with Crippen LogP contribution in [0.15, 0.2) is 28.7 Å². The summed E-state index contributed by atoms with van der Waals surface area (Å²) < 4.78 is 48.6. The monoisotopic (exact) mass is 438 g/mol. The molecule has 30 heavy (non-hydrogen) atoms. The minimum Gasteiger partial charge on any atom is -0.591 e. The van der Waals surface area contributed by atoms with E-state index in [-0.39, 0.29) is 38.2 Å². The van der Waals surface area contributed by atoms with Crippen LogP contribution < -0.4 is 0 Å². The quantitative estimate of drug-likeness (QED) is 0.331. The molecule has 2 rings (SSSR count). The Bertz CT molecular complexity index is 805.